The summed E-state index contributed by atoms with van der Waals surface area (Å²) in [6, 6.07) is 12.4. The van der Waals surface area contributed by atoms with Crippen LogP contribution in [0.4, 0.5) is 5.69 Å². The number of amides is 1. The number of hydrogen-bond acceptors (Lipinski definition) is 3. The molecule has 2 aromatic carbocycles. The zero-order chi connectivity index (χ0) is 21.2. The molecule has 0 radical (unpaired) electrons. The summed E-state index contributed by atoms with van der Waals surface area (Å²) in [6.45, 7) is 9.09. The minimum atomic E-state index is -3.87. The van der Waals surface area contributed by atoms with Gasteiger partial charge in [-0.3, -0.25) is 9.10 Å². The molecular weight excluding hydrogens is 384 g/mol. The number of carbonyl (C=O) groups excluding carboxylic acids is 1. The van der Waals surface area contributed by atoms with E-state index in [1.165, 1.54) is 4.31 Å². The second-order valence-corrected chi connectivity index (χ2v) is 10.1. The first-order chi connectivity index (χ1) is 13.7. The van der Waals surface area contributed by atoms with Crippen molar-refractivity contribution < 1.29 is 13.2 Å². The summed E-state index contributed by atoms with van der Waals surface area (Å²) >= 11 is 0. The van der Waals surface area contributed by atoms with Crippen molar-refractivity contribution in [3.05, 3.63) is 59.2 Å². The van der Waals surface area contributed by atoms with E-state index in [9.17, 15) is 13.2 Å². The molecule has 0 spiro atoms. The van der Waals surface area contributed by atoms with E-state index >= 15 is 0 Å². The smallest absolute Gasteiger partial charge is 0.264 e. The van der Waals surface area contributed by atoms with Gasteiger partial charge in [0.15, 0.2) is 0 Å². The van der Waals surface area contributed by atoms with Crippen molar-refractivity contribution in [1.82, 2.24) is 4.90 Å². The van der Waals surface area contributed by atoms with Crippen molar-refractivity contribution in [1.29, 1.82) is 0 Å². The van der Waals surface area contributed by atoms with Gasteiger partial charge in [-0.15, -0.1) is 0 Å². The summed E-state index contributed by atoms with van der Waals surface area (Å²) in [5, 5.41) is 0. The highest BCUT2D eigenvalue weighted by Gasteiger charge is 2.30. The quantitative estimate of drug-likeness (QED) is 0.741. The Morgan fingerprint density at radius 1 is 1.03 bits per heavy atom. The average molecular weight is 415 g/mol. The third kappa shape index (κ3) is 4.99. The Kier molecular flexibility index (Phi) is 6.32. The highest BCUT2D eigenvalue weighted by atomic mass is 32.2. The zero-order valence-electron chi connectivity index (χ0n) is 17.7. The van der Waals surface area contributed by atoms with Gasteiger partial charge in [0.25, 0.3) is 10.0 Å². The topological polar surface area (TPSA) is 57.7 Å². The molecule has 1 heterocycles. The Bertz CT molecular complexity index is 963. The lowest BCUT2D eigenvalue weighted by Crippen LogP contribution is -2.46. The first-order valence-corrected chi connectivity index (χ1v) is 11.6. The molecular formula is C23H30N2O3S. The van der Waals surface area contributed by atoms with Crippen molar-refractivity contribution in [2.45, 2.75) is 45.4 Å². The average Bonchev–Trinajstić information content (AvgIpc) is 2.65. The van der Waals surface area contributed by atoms with Gasteiger partial charge in [0.2, 0.25) is 5.91 Å². The van der Waals surface area contributed by atoms with Gasteiger partial charge >= 0.3 is 0 Å². The van der Waals surface area contributed by atoms with Crippen LogP contribution in [-0.2, 0) is 14.8 Å². The first-order valence-electron chi connectivity index (χ1n) is 10.1. The van der Waals surface area contributed by atoms with Crippen LogP contribution in [0.25, 0.3) is 0 Å². The monoisotopic (exact) mass is 414 g/mol. The van der Waals surface area contributed by atoms with Gasteiger partial charge in [-0.05, 0) is 74.9 Å². The molecule has 0 aromatic heterocycles. The van der Waals surface area contributed by atoms with Crippen molar-refractivity contribution >= 4 is 21.6 Å². The summed E-state index contributed by atoms with van der Waals surface area (Å²) in [5.74, 6) is 0.294. The van der Waals surface area contributed by atoms with Gasteiger partial charge in [0.1, 0.15) is 6.54 Å². The molecule has 2 aromatic rings. The summed E-state index contributed by atoms with van der Waals surface area (Å²) < 4.78 is 28.3. The van der Waals surface area contributed by atoms with Gasteiger partial charge in [-0.1, -0.05) is 30.7 Å². The molecule has 0 unspecified atom stereocenters. The van der Waals surface area contributed by atoms with Crippen molar-refractivity contribution in [2.24, 2.45) is 5.92 Å². The standard InChI is InChI=1S/C23H30N2O3S/c1-17-7-9-22(10-8-17)29(27,28)25(21-13-19(3)12-20(4)14-21)16-23(26)24-11-5-6-18(2)15-24/h7-10,12-14,18H,5-6,11,15-16H2,1-4H3/t18-/m0/s1. The van der Waals surface area contributed by atoms with Crippen LogP contribution in [0.5, 0.6) is 0 Å². The Morgan fingerprint density at radius 2 is 1.66 bits per heavy atom. The van der Waals surface area contributed by atoms with Crippen LogP contribution < -0.4 is 4.31 Å². The summed E-state index contributed by atoms with van der Waals surface area (Å²) in [7, 11) is -3.87. The fourth-order valence-corrected chi connectivity index (χ4v) is 5.28. The second-order valence-electron chi connectivity index (χ2n) is 8.26. The van der Waals surface area contributed by atoms with E-state index in [2.05, 4.69) is 6.92 Å². The molecule has 156 valence electrons. The number of anilines is 1. The van der Waals surface area contributed by atoms with Gasteiger partial charge in [-0.2, -0.15) is 0 Å². The molecule has 1 amide bonds. The number of piperidine rings is 1. The van der Waals surface area contributed by atoms with Crippen LogP contribution in [0.1, 0.15) is 36.5 Å². The Hall–Kier alpha value is -2.34. The molecule has 3 rings (SSSR count). The Labute approximate surface area is 174 Å². The molecule has 1 atom stereocenters. The van der Waals surface area contributed by atoms with Crippen LogP contribution in [0.3, 0.4) is 0 Å². The fourth-order valence-electron chi connectivity index (χ4n) is 3.89. The molecule has 29 heavy (non-hydrogen) atoms. The van der Waals surface area contributed by atoms with E-state index in [-0.39, 0.29) is 17.3 Å². The molecule has 1 fully saturated rings. The molecule has 1 aliphatic heterocycles. The maximum absolute atomic E-state index is 13.5. The first kappa shape index (κ1) is 21.4. The number of likely N-dealkylation sites (tertiary alicyclic amines) is 1. The summed E-state index contributed by atoms with van der Waals surface area (Å²) in [5.41, 5.74) is 3.44. The van der Waals surface area contributed by atoms with Crippen LogP contribution >= 0.6 is 0 Å². The fraction of sp³-hybridized carbons (Fsp3) is 0.435. The molecule has 0 N–H and O–H groups in total. The van der Waals surface area contributed by atoms with Crippen LogP contribution in [0.15, 0.2) is 47.4 Å². The second kappa shape index (κ2) is 8.57. The predicted molar refractivity (Wildman–Crippen MR) is 117 cm³/mol. The number of rotatable bonds is 5. The largest absolute Gasteiger partial charge is 0.341 e. The lowest BCUT2D eigenvalue weighted by molar-refractivity contribution is -0.131. The van der Waals surface area contributed by atoms with E-state index in [1.54, 1.807) is 29.2 Å². The maximum Gasteiger partial charge on any atom is 0.264 e. The van der Waals surface area contributed by atoms with Crippen LogP contribution in [-0.4, -0.2) is 38.9 Å². The molecule has 0 saturated carbocycles. The molecule has 1 aliphatic rings. The zero-order valence-corrected chi connectivity index (χ0v) is 18.5. The summed E-state index contributed by atoms with van der Waals surface area (Å²) in [6.07, 6.45) is 2.06. The van der Waals surface area contributed by atoms with Crippen LogP contribution in [0, 0.1) is 26.7 Å². The van der Waals surface area contributed by atoms with E-state index in [1.807, 2.05) is 39.0 Å². The Balaban J connectivity index is 1.99. The van der Waals surface area contributed by atoms with E-state index in [0.717, 1.165) is 29.5 Å². The summed E-state index contributed by atoms with van der Waals surface area (Å²) in [4.78, 5) is 15.0. The van der Waals surface area contributed by atoms with Crippen molar-refractivity contribution in [3.63, 3.8) is 0 Å². The Morgan fingerprint density at radius 3 is 2.24 bits per heavy atom. The van der Waals surface area contributed by atoms with Gasteiger partial charge in [-0.25, -0.2) is 8.42 Å². The van der Waals surface area contributed by atoms with E-state index in [4.69, 9.17) is 0 Å². The van der Waals surface area contributed by atoms with E-state index in [0.29, 0.717) is 24.7 Å². The molecule has 5 nitrogen and oxygen atoms in total. The normalized spacial score (nSPS) is 17.2. The number of aryl methyl sites for hydroxylation is 3. The molecule has 6 heteroatoms. The lowest BCUT2D eigenvalue weighted by atomic mass is 10.0. The predicted octanol–water partition coefficient (Wildman–Crippen LogP) is 4.07. The van der Waals surface area contributed by atoms with Gasteiger partial charge in [0.05, 0.1) is 10.6 Å². The van der Waals surface area contributed by atoms with Crippen molar-refractivity contribution in [2.75, 3.05) is 23.9 Å². The minimum Gasteiger partial charge on any atom is -0.341 e. The number of sulfonamides is 1. The number of benzene rings is 2. The maximum atomic E-state index is 13.5. The third-order valence-electron chi connectivity index (χ3n) is 5.39. The number of nitrogens with zero attached hydrogens (tertiary/aromatic N) is 2. The highest BCUT2D eigenvalue weighted by Crippen LogP contribution is 2.27. The molecule has 0 aliphatic carbocycles. The van der Waals surface area contributed by atoms with Crippen LogP contribution in [0.2, 0.25) is 0 Å². The lowest BCUT2D eigenvalue weighted by Gasteiger charge is -2.33. The molecule has 1 saturated heterocycles. The third-order valence-corrected chi connectivity index (χ3v) is 7.18. The SMILES string of the molecule is Cc1ccc(S(=O)(=O)N(CC(=O)N2CCC[C@H](C)C2)c2cc(C)cc(C)c2)cc1. The van der Waals surface area contributed by atoms with E-state index < -0.39 is 10.0 Å². The molecule has 0 bridgehead atoms. The van der Waals surface area contributed by atoms with Gasteiger partial charge in [0, 0.05) is 13.1 Å². The number of carbonyl (C=O) groups is 1. The van der Waals surface area contributed by atoms with Gasteiger partial charge < -0.3 is 4.90 Å². The minimum absolute atomic E-state index is 0.147. The number of hydrogen-bond donors (Lipinski definition) is 0. The highest BCUT2D eigenvalue weighted by molar-refractivity contribution is 7.92. The van der Waals surface area contributed by atoms with Crippen molar-refractivity contribution in [3.8, 4) is 0 Å².